The lowest BCUT2D eigenvalue weighted by atomic mass is 10.2. The molecular weight excluding hydrogens is 414 g/mol. The zero-order valence-electron chi connectivity index (χ0n) is 19.5. The summed E-state index contributed by atoms with van der Waals surface area (Å²) >= 11 is 0. The fourth-order valence-corrected chi connectivity index (χ4v) is 4.51. The Kier molecular flexibility index (Phi) is 5.85. The Balaban J connectivity index is 1.28. The molecule has 8 nitrogen and oxygen atoms in total. The summed E-state index contributed by atoms with van der Waals surface area (Å²) in [5.41, 5.74) is 3.42. The zero-order chi connectivity index (χ0) is 22.9. The summed E-state index contributed by atoms with van der Waals surface area (Å²) in [7, 11) is 4.14. The van der Waals surface area contributed by atoms with E-state index in [1.54, 1.807) is 6.20 Å². The summed E-state index contributed by atoms with van der Waals surface area (Å²) in [5.74, 6) is 2.37. The van der Waals surface area contributed by atoms with Gasteiger partial charge >= 0.3 is 0 Å². The number of likely N-dealkylation sites (N-methyl/N-ethyl adjacent to an activating group) is 1. The Morgan fingerprint density at radius 3 is 2.58 bits per heavy atom. The van der Waals surface area contributed by atoms with E-state index in [-0.39, 0.29) is 5.91 Å². The van der Waals surface area contributed by atoms with Crippen LogP contribution < -0.4 is 5.32 Å². The molecule has 33 heavy (non-hydrogen) atoms. The average Bonchev–Trinajstić information content (AvgIpc) is 3.38. The molecule has 1 atom stereocenters. The van der Waals surface area contributed by atoms with E-state index < -0.39 is 0 Å². The van der Waals surface area contributed by atoms with E-state index in [0.717, 1.165) is 49.0 Å². The molecule has 0 bridgehead atoms. The largest absolute Gasteiger partial charge is 0.337 e. The second-order valence-electron chi connectivity index (χ2n) is 9.15. The van der Waals surface area contributed by atoms with Crippen LogP contribution in [0.2, 0.25) is 0 Å². The van der Waals surface area contributed by atoms with Gasteiger partial charge < -0.3 is 19.7 Å². The number of likely N-dealkylation sites (tertiary alicyclic amines) is 1. The van der Waals surface area contributed by atoms with E-state index in [4.69, 9.17) is 4.98 Å². The molecule has 1 aliphatic heterocycles. The van der Waals surface area contributed by atoms with E-state index >= 15 is 0 Å². The van der Waals surface area contributed by atoms with Crippen LogP contribution in [-0.2, 0) is 6.54 Å². The molecule has 3 heterocycles. The van der Waals surface area contributed by atoms with Gasteiger partial charge in [0.05, 0.1) is 17.6 Å². The van der Waals surface area contributed by atoms with E-state index in [9.17, 15) is 4.79 Å². The zero-order valence-corrected chi connectivity index (χ0v) is 19.5. The van der Waals surface area contributed by atoms with Gasteiger partial charge in [0, 0.05) is 49.0 Å². The van der Waals surface area contributed by atoms with Crippen LogP contribution in [0.5, 0.6) is 0 Å². The maximum atomic E-state index is 12.9. The molecule has 5 rings (SSSR count). The Hall–Kier alpha value is -3.26. The van der Waals surface area contributed by atoms with Gasteiger partial charge in [0.15, 0.2) is 0 Å². The minimum Gasteiger partial charge on any atom is -0.337 e. The first kappa shape index (κ1) is 21.6. The van der Waals surface area contributed by atoms with Gasteiger partial charge in [-0.15, -0.1) is 0 Å². The van der Waals surface area contributed by atoms with Gasteiger partial charge in [-0.1, -0.05) is 0 Å². The van der Waals surface area contributed by atoms with Gasteiger partial charge in [0.25, 0.3) is 5.91 Å². The number of carbonyl (C=O) groups is 1. The fraction of sp³-hybridized carbons (Fsp3) is 0.440. The molecule has 0 radical (unpaired) electrons. The molecule has 8 heteroatoms. The summed E-state index contributed by atoms with van der Waals surface area (Å²) < 4.78 is 2.25. The molecule has 172 valence electrons. The van der Waals surface area contributed by atoms with Crippen LogP contribution in [-0.4, -0.2) is 68.5 Å². The number of rotatable bonds is 7. The minimum atomic E-state index is 0.0865. The van der Waals surface area contributed by atoms with Crippen LogP contribution in [0.1, 0.15) is 48.3 Å². The smallest absolute Gasteiger partial charge is 0.253 e. The second kappa shape index (κ2) is 8.94. The van der Waals surface area contributed by atoms with Crippen molar-refractivity contribution in [1.82, 2.24) is 29.3 Å². The van der Waals surface area contributed by atoms with Gasteiger partial charge in [0.2, 0.25) is 5.95 Å². The molecule has 1 aromatic carbocycles. The molecule has 2 aromatic heterocycles. The molecule has 0 unspecified atom stereocenters. The van der Waals surface area contributed by atoms with Crippen molar-refractivity contribution in [2.24, 2.45) is 0 Å². The summed E-state index contributed by atoms with van der Waals surface area (Å²) in [6.07, 6.45) is 7.15. The van der Waals surface area contributed by atoms with Gasteiger partial charge in [-0.25, -0.2) is 15.0 Å². The normalized spacial score (nSPS) is 18.2. The van der Waals surface area contributed by atoms with Crippen molar-refractivity contribution in [2.75, 3.05) is 32.5 Å². The number of benzene rings is 1. The van der Waals surface area contributed by atoms with E-state index in [1.165, 1.54) is 12.8 Å². The first-order valence-electron chi connectivity index (χ1n) is 11.7. The Morgan fingerprint density at radius 2 is 1.91 bits per heavy atom. The highest BCUT2D eigenvalue weighted by Crippen LogP contribution is 2.40. The minimum absolute atomic E-state index is 0.0865. The maximum Gasteiger partial charge on any atom is 0.253 e. The van der Waals surface area contributed by atoms with Crippen LogP contribution >= 0.6 is 0 Å². The Bertz CT molecular complexity index is 1130. The first-order chi connectivity index (χ1) is 16.0. The predicted octanol–water partition coefficient (Wildman–Crippen LogP) is 3.76. The molecule has 1 N–H and O–H groups in total. The summed E-state index contributed by atoms with van der Waals surface area (Å²) in [4.78, 5) is 30.7. The molecule has 1 saturated carbocycles. The lowest BCUT2D eigenvalue weighted by molar-refractivity contribution is 0.0783. The van der Waals surface area contributed by atoms with Crippen LogP contribution in [0.15, 0.2) is 42.7 Å². The Labute approximate surface area is 194 Å². The summed E-state index contributed by atoms with van der Waals surface area (Å²) in [5, 5.41) is 3.27. The van der Waals surface area contributed by atoms with Crippen molar-refractivity contribution in [3.8, 4) is 11.4 Å². The summed E-state index contributed by atoms with van der Waals surface area (Å²) in [6, 6.07) is 9.90. The van der Waals surface area contributed by atoms with Gasteiger partial charge in [-0.05, 0) is 70.6 Å². The Morgan fingerprint density at radius 1 is 1.12 bits per heavy atom. The number of carbonyl (C=O) groups excluding carboxylic acids is 1. The first-order valence-corrected chi connectivity index (χ1v) is 11.7. The van der Waals surface area contributed by atoms with E-state index in [2.05, 4.69) is 45.8 Å². The summed E-state index contributed by atoms with van der Waals surface area (Å²) in [6.45, 7) is 4.60. The topological polar surface area (TPSA) is 79.2 Å². The molecule has 1 aliphatic carbocycles. The number of anilines is 2. The number of amides is 1. The molecule has 3 aromatic rings. The average molecular weight is 446 g/mol. The third-order valence-electron chi connectivity index (χ3n) is 6.63. The standard InChI is InChI=1S/C25H31N7O/c1-4-32-22(15-27-23(32)17-5-6-17)21-11-13-26-25(29-21)28-19-9-7-18(8-10-19)24(33)31-14-12-20(16-31)30(2)3/h7-11,13,15,17,20H,4-6,12,14,16H2,1-3H3,(H,26,28,29)/t20-/m1/s1. The SMILES string of the molecule is CCn1c(-c2ccnc(Nc3ccc(C(=O)N4CC[C@@H](N(C)C)C4)cc3)n2)cnc1C1CC1. The molecule has 1 amide bonds. The quantitative estimate of drug-likeness (QED) is 0.597. The van der Waals surface area contributed by atoms with Gasteiger partial charge in [0.1, 0.15) is 5.82 Å². The monoisotopic (exact) mass is 445 g/mol. The second-order valence-corrected chi connectivity index (χ2v) is 9.15. The number of hydrogen-bond donors (Lipinski definition) is 1. The third-order valence-corrected chi connectivity index (χ3v) is 6.63. The fourth-order valence-electron chi connectivity index (χ4n) is 4.51. The van der Waals surface area contributed by atoms with Crippen molar-refractivity contribution < 1.29 is 4.79 Å². The van der Waals surface area contributed by atoms with E-state index in [0.29, 0.717) is 23.5 Å². The van der Waals surface area contributed by atoms with Crippen LogP contribution in [0.25, 0.3) is 11.4 Å². The third kappa shape index (κ3) is 4.48. The van der Waals surface area contributed by atoms with Crippen molar-refractivity contribution >= 4 is 17.5 Å². The van der Waals surface area contributed by atoms with Crippen LogP contribution in [0.4, 0.5) is 11.6 Å². The molecule has 2 fully saturated rings. The van der Waals surface area contributed by atoms with Crippen molar-refractivity contribution in [1.29, 1.82) is 0 Å². The van der Waals surface area contributed by atoms with Crippen molar-refractivity contribution in [3.05, 3.63) is 54.1 Å². The van der Waals surface area contributed by atoms with Gasteiger partial charge in [-0.2, -0.15) is 0 Å². The van der Waals surface area contributed by atoms with E-state index in [1.807, 2.05) is 41.4 Å². The van der Waals surface area contributed by atoms with Crippen molar-refractivity contribution in [3.63, 3.8) is 0 Å². The molecular formula is C25H31N7O. The van der Waals surface area contributed by atoms with Crippen molar-refractivity contribution in [2.45, 2.75) is 44.7 Å². The highest BCUT2D eigenvalue weighted by molar-refractivity contribution is 5.94. The highest BCUT2D eigenvalue weighted by Gasteiger charge is 2.29. The maximum absolute atomic E-state index is 12.9. The van der Waals surface area contributed by atoms with Crippen LogP contribution in [0.3, 0.4) is 0 Å². The molecule has 0 spiro atoms. The number of nitrogens with one attached hydrogen (secondary N) is 1. The lowest BCUT2D eigenvalue weighted by Crippen LogP contribution is -2.34. The van der Waals surface area contributed by atoms with Gasteiger partial charge in [-0.3, -0.25) is 4.79 Å². The number of aromatic nitrogens is 4. The lowest BCUT2D eigenvalue weighted by Gasteiger charge is -2.20. The predicted molar refractivity (Wildman–Crippen MR) is 129 cm³/mol. The number of imidazole rings is 1. The molecule has 1 saturated heterocycles. The number of nitrogens with zero attached hydrogens (tertiary/aromatic N) is 6. The number of hydrogen-bond acceptors (Lipinski definition) is 6. The molecule has 2 aliphatic rings. The highest BCUT2D eigenvalue weighted by atomic mass is 16.2. The van der Waals surface area contributed by atoms with Crippen LogP contribution in [0, 0.1) is 0 Å².